The standard InChI is InChI=1S/C20H17ClFNO4/c1-27-11-10-23-17(14-4-2-3-5-15(14)22)16(19(25)20(23)26)18(24)12-6-8-13(21)9-7-12/h2-9,17,24H,10-11H2,1H3/t17-/m0/s1. The number of ketones is 1. The lowest BCUT2D eigenvalue weighted by molar-refractivity contribution is -0.140. The summed E-state index contributed by atoms with van der Waals surface area (Å²) in [5, 5.41) is 11.2. The van der Waals surface area contributed by atoms with Crippen molar-refractivity contribution in [2.45, 2.75) is 6.04 Å². The number of rotatable bonds is 5. The second-order valence-corrected chi connectivity index (χ2v) is 6.45. The zero-order valence-corrected chi connectivity index (χ0v) is 15.2. The molecule has 2 aromatic carbocycles. The quantitative estimate of drug-likeness (QED) is 0.482. The number of hydrogen-bond donors (Lipinski definition) is 1. The first kappa shape index (κ1) is 19.1. The normalized spacial score (nSPS) is 18.9. The number of halogens is 2. The van der Waals surface area contributed by atoms with Crippen LogP contribution < -0.4 is 0 Å². The number of hydrogen-bond acceptors (Lipinski definition) is 4. The van der Waals surface area contributed by atoms with Gasteiger partial charge in [-0.25, -0.2) is 4.39 Å². The smallest absolute Gasteiger partial charge is 0.295 e. The van der Waals surface area contributed by atoms with Gasteiger partial charge in [0.05, 0.1) is 18.2 Å². The Morgan fingerprint density at radius 3 is 2.48 bits per heavy atom. The first-order valence-corrected chi connectivity index (χ1v) is 8.61. The summed E-state index contributed by atoms with van der Waals surface area (Å²) in [5.74, 6) is -2.63. The van der Waals surface area contributed by atoms with E-state index in [9.17, 15) is 19.1 Å². The van der Waals surface area contributed by atoms with Crippen molar-refractivity contribution in [1.29, 1.82) is 0 Å². The molecule has 0 bridgehead atoms. The summed E-state index contributed by atoms with van der Waals surface area (Å²) in [4.78, 5) is 26.4. The summed E-state index contributed by atoms with van der Waals surface area (Å²) in [6.45, 7) is 0.246. The molecule has 7 heteroatoms. The van der Waals surface area contributed by atoms with Crippen molar-refractivity contribution >= 4 is 29.1 Å². The van der Waals surface area contributed by atoms with Gasteiger partial charge in [0.25, 0.3) is 11.7 Å². The Hall–Kier alpha value is -2.70. The minimum Gasteiger partial charge on any atom is -0.507 e. The topological polar surface area (TPSA) is 66.8 Å². The van der Waals surface area contributed by atoms with E-state index in [1.165, 1.54) is 42.3 Å². The van der Waals surface area contributed by atoms with Crippen LogP contribution in [0.2, 0.25) is 5.02 Å². The van der Waals surface area contributed by atoms with Crippen LogP contribution in [-0.4, -0.2) is 42.0 Å². The monoisotopic (exact) mass is 389 g/mol. The molecular formula is C20H17ClFNO4. The van der Waals surface area contributed by atoms with Gasteiger partial charge in [-0.05, 0) is 30.3 Å². The highest BCUT2D eigenvalue weighted by atomic mass is 35.5. The van der Waals surface area contributed by atoms with Crippen LogP contribution in [0, 0.1) is 5.82 Å². The molecule has 2 aromatic rings. The number of benzene rings is 2. The third-order valence-electron chi connectivity index (χ3n) is 4.39. The fraction of sp³-hybridized carbons (Fsp3) is 0.200. The van der Waals surface area contributed by atoms with E-state index in [1.54, 1.807) is 18.2 Å². The predicted molar refractivity (Wildman–Crippen MR) is 98.7 cm³/mol. The molecule has 0 aliphatic carbocycles. The number of amides is 1. The van der Waals surface area contributed by atoms with E-state index < -0.39 is 23.5 Å². The molecule has 140 valence electrons. The van der Waals surface area contributed by atoms with Gasteiger partial charge in [0.2, 0.25) is 0 Å². The van der Waals surface area contributed by atoms with Crippen molar-refractivity contribution in [3.05, 3.63) is 76.1 Å². The summed E-state index contributed by atoms with van der Waals surface area (Å²) in [5.41, 5.74) is 0.275. The predicted octanol–water partition coefficient (Wildman–Crippen LogP) is 3.55. The van der Waals surface area contributed by atoms with E-state index in [0.29, 0.717) is 10.6 Å². The number of nitrogens with zero attached hydrogens (tertiary/aromatic N) is 1. The average Bonchev–Trinajstić information content (AvgIpc) is 2.91. The van der Waals surface area contributed by atoms with Gasteiger partial charge in [0.15, 0.2) is 0 Å². The first-order valence-electron chi connectivity index (χ1n) is 8.23. The largest absolute Gasteiger partial charge is 0.507 e. The Kier molecular flexibility index (Phi) is 5.58. The molecule has 1 atom stereocenters. The molecule has 27 heavy (non-hydrogen) atoms. The molecule has 0 unspecified atom stereocenters. The van der Waals surface area contributed by atoms with Crippen molar-refractivity contribution in [2.75, 3.05) is 20.3 Å². The Morgan fingerprint density at radius 2 is 1.85 bits per heavy atom. The average molecular weight is 390 g/mol. The van der Waals surface area contributed by atoms with E-state index in [-0.39, 0.29) is 30.0 Å². The molecule has 1 aliphatic rings. The van der Waals surface area contributed by atoms with Gasteiger partial charge in [-0.2, -0.15) is 0 Å². The maximum absolute atomic E-state index is 14.5. The van der Waals surface area contributed by atoms with Crippen LogP contribution in [0.25, 0.3) is 5.76 Å². The van der Waals surface area contributed by atoms with Crippen LogP contribution in [0.15, 0.2) is 54.1 Å². The van der Waals surface area contributed by atoms with Crippen LogP contribution in [-0.2, 0) is 14.3 Å². The van der Waals surface area contributed by atoms with Gasteiger partial charge < -0.3 is 14.7 Å². The second kappa shape index (κ2) is 7.90. The molecule has 5 nitrogen and oxygen atoms in total. The lowest BCUT2D eigenvalue weighted by atomic mass is 9.95. The highest BCUT2D eigenvalue weighted by Crippen LogP contribution is 2.40. The number of carbonyl (C=O) groups excluding carboxylic acids is 2. The Bertz CT molecular complexity index is 910. The van der Waals surface area contributed by atoms with Gasteiger partial charge in [-0.3, -0.25) is 9.59 Å². The van der Waals surface area contributed by atoms with Gasteiger partial charge in [0.1, 0.15) is 11.6 Å². The molecule has 0 radical (unpaired) electrons. The van der Waals surface area contributed by atoms with Crippen LogP contribution in [0.1, 0.15) is 17.2 Å². The molecule has 1 N–H and O–H groups in total. The molecule has 3 rings (SSSR count). The SMILES string of the molecule is COCCN1C(=O)C(=O)C(=C(O)c2ccc(Cl)cc2)[C@@H]1c1ccccc1F. The van der Waals surface area contributed by atoms with E-state index in [2.05, 4.69) is 0 Å². The molecule has 1 heterocycles. The van der Waals surface area contributed by atoms with Crippen molar-refractivity contribution in [3.8, 4) is 0 Å². The van der Waals surface area contributed by atoms with Crippen molar-refractivity contribution in [2.24, 2.45) is 0 Å². The van der Waals surface area contributed by atoms with E-state index in [0.717, 1.165) is 0 Å². The number of methoxy groups -OCH3 is 1. The summed E-state index contributed by atoms with van der Waals surface area (Å²) in [6, 6.07) is 11.0. The van der Waals surface area contributed by atoms with Crippen LogP contribution in [0.4, 0.5) is 4.39 Å². The molecule has 1 fully saturated rings. The molecule has 0 aromatic heterocycles. The van der Waals surface area contributed by atoms with Crippen molar-refractivity contribution in [3.63, 3.8) is 0 Å². The lowest BCUT2D eigenvalue weighted by Gasteiger charge is -2.25. The maximum atomic E-state index is 14.5. The summed E-state index contributed by atoms with van der Waals surface area (Å²) >= 11 is 5.86. The van der Waals surface area contributed by atoms with Crippen LogP contribution >= 0.6 is 11.6 Å². The summed E-state index contributed by atoms with van der Waals surface area (Å²) in [7, 11) is 1.46. The van der Waals surface area contributed by atoms with Crippen LogP contribution in [0.3, 0.4) is 0 Å². The fourth-order valence-corrected chi connectivity index (χ4v) is 3.21. The molecule has 1 amide bonds. The zero-order valence-electron chi connectivity index (χ0n) is 14.5. The highest BCUT2D eigenvalue weighted by molar-refractivity contribution is 6.46. The van der Waals surface area contributed by atoms with Gasteiger partial charge in [-0.15, -0.1) is 0 Å². The molecule has 1 aliphatic heterocycles. The maximum Gasteiger partial charge on any atom is 0.295 e. The Morgan fingerprint density at radius 1 is 1.19 bits per heavy atom. The minimum atomic E-state index is -1.04. The third-order valence-corrected chi connectivity index (χ3v) is 4.65. The Balaban J connectivity index is 2.18. The van der Waals surface area contributed by atoms with Gasteiger partial charge in [0, 0.05) is 29.8 Å². The third kappa shape index (κ3) is 3.59. The Labute approximate surface area is 160 Å². The first-order chi connectivity index (χ1) is 13.0. The van der Waals surface area contributed by atoms with Crippen LogP contribution in [0.5, 0.6) is 0 Å². The highest BCUT2D eigenvalue weighted by Gasteiger charge is 2.46. The van der Waals surface area contributed by atoms with Crippen molar-refractivity contribution in [1.82, 2.24) is 4.90 Å². The number of Topliss-reactive ketones (excluding diaryl/α,β-unsaturated/α-hetero) is 1. The van der Waals surface area contributed by atoms with Gasteiger partial charge >= 0.3 is 0 Å². The fourth-order valence-electron chi connectivity index (χ4n) is 3.08. The second-order valence-electron chi connectivity index (χ2n) is 6.01. The van der Waals surface area contributed by atoms with Crippen molar-refractivity contribution < 1.29 is 23.8 Å². The van der Waals surface area contributed by atoms with Gasteiger partial charge in [-0.1, -0.05) is 29.8 Å². The molecule has 1 saturated heterocycles. The number of likely N-dealkylation sites (tertiary alicyclic amines) is 1. The molecular weight excluding hydrogens is 373 g/mol. The van der Waals surface area contributed by atoms with E-state index in [4.69, 9.17) is 16.3 Å². The number of carbonyl (C=O) groups is 2. The lowest BCUT2D eigenvalue weighted by Crippen LogP contribution is -2.33. The molecule has 0 spiro atoms. The summed E-state index contributed by atoms with van der Waals surface area (Å²) in [6.07, 6.45) is 0. The minimum absolute atomic E-state index is 0.0808. The number of aliphatic hydroxyl groups excluding tert-OH is 1. The summed E-state index contributed by atoms with van der Waals surface area (Å²) < 4.78 is 19.5. The zero-order chi connectivity index (χ0) is 19.6. The van der Waals surface area contributed by atoms with E-state index in [1.807, 2.05) is 0 Å². The number of ether oxygens (including phenoxy) is 1. The van der Waals surface area contributed by atoms with E-state index >= 15 is 0 Å². The number of aliphatic hydroxyl groups is 1. The molecule has 0 saturated carbocycles.